The van der Waals surface area contributed by atoms with Crippen molar-refractivity contribution in [1.82, 2.24) is 0 Å². The van der Waals surface area contributed by atoms with E-state index in [1.54, 1.807) is 30.3 Å². The van der Waals surface area contributed by atoms with Crippen LogP contribution in [0.25, 0.3) is 0 Å². The Labute approximate surface area is 134 Å². The minimum atomic E-state index is -2.47. The first kappa shape index (κ1) is 16.2. The highest BCUT2D eigenvalue weighted by atomic mass is 79.9. The molecule has 2 aromatic rings. The smallest absolute Gasteiger partial charge is 0.288 e. The van der Waals surface area contributed by atoms with Crippen LogP contribution in [0.4, 0.5) is 18.9 Å². The van der Waals surface area contributed by atoms with E-state index in [4.69, 9.17) is 0 Å². The molecule has 0 aliphatic heterocycles. The normalized spacial score (nSPS) is 12.5. The van der Waals surface area contributed by atoms with E-state index in [1.165, 1.54) is 12.1 Å². The van der Waals surface area contributed by atoms with Crippen molar-refractivity contribution in [2.75, 3.05) is 5.32 Å². The van der Waals surface area contributed by atoms with Crippen molar-refractivity contribution in [2.45, 2.75) is 23.6 Å². The maximum absolute atomic E-state index is 13.1. The Balaban J connectivity index is 2.21. The van der Waals surface area contributed by atoms with Gasteiger partial charge in [-0.2, -0.15) is 8.78 Å². The predicted molar refractivity (Wildman–Crippen MR) is 84.4 cm³/mol. The maximum atomic E-state index is 13.1. The maximum Gasteiger partial charge on any atom is 0.288 e. The molecule has 0 saturated carbocycles. The molecule has 0 bridgehead atoms. The van der Waals surface area contributed by atoms with Gasteiger partial charge >= 0.3 is 0 Å². The van der Waals surface area contributed by atoms with E-state index in [-0.39, 0.29) is 11.9 Å². The fraction of sp³-hybridized carbons (Fsp3) is 0.200. The molecule has 0 aliphatic carbocycles. The Hall–Kier alpha value is -1.14. The summed E-state index contributed by atoms with van der Waals surface area (Å²) >= 11 is 3.82. The van der Waals surface area contributed by atoms with Gasteiger partial charge in [-0.15, -0.1) is 0 Å². The molecule has 1 unspecified atom stereocenters. The van der Waals surface area contributed by atoms with Crippen molar-refractivity contribution in [3.05, 3.63) is 58.3 Å². The Kier molecular flexibility index (Phi) is 5.58. The van der Waals surface area contributed by atoms with Crippen molar-refractivity contribution in [1.29, 1.82) is 0 Å². The topological polar surface area (TPSA) is 12.0 Å². The highest BCUT2D eigenvalue weighted by Crippen LogP contribution is 2.34. The van der Waals surface area contributed by atoms with Crippen molar-refractivity contribution in [3.63, 3.8) is 0 Å². The average Bonchev–Trinajstić information content (AvgIpc) is 2.40. The quantitative estimate of drug-likeness (QED) is 0.635. The second kappa shape index (κ2) is 7.22. The van der Waals surface area contributed by atoms with E-state index in [0.717, 1.165) is 5.56 Å². The van der Waals surface area contributed by atoms with Gasteiger partial charge in [0.15, 0.2) is 0 Å². The lowest BCUT2D eigenvalue weighted by Crippen LogP contribution is -2.08. The van der Waals surface area contributed by atoms with Crippen molar-refractivity contribution >= 4 is 33.4 Å². The van der Waals surface area contributed by atoms with Crippen molar-refractivity contribution in [2.24, 2.45) is 0 Å². The third-order valence-electron chi connectivity index (χ3n) is 2.90. The van der Waals surface area contributed by atoms with E-state index >= 15 is 0 Å². The first-order chi connectivity index (χ1) is 9.97. The number of nitrogens with one attached hydrogen (secondary N) is 1. The number of alkyl halides is 2. The summed E-state index contributed by atoms with van der Waals surface area (Å²) in [5.74, 6) is -2.80. The number of hydrogen-bond acceptors (Lipinski definition) is 2. The van der Waals surface area contributed by atoms with Crippen molar-refractivity contribution < 1.29 is 13.2 Å². The summed E-state index contributed by atoms with van der Waals surface area (Å²) in [6.07, 6.45) is 0. The van der Waals surface area contributed by atoms with Crippen LogP contribution in [0.3, 0.4) is 0 Å². The molecule has 0 aromatic heterocycles. The molecule has 0 aliphatic rings. The van der Waals surface area contributed by atoms with Crippen LogP contribution < -0.4 is 5.32 Å². The number of rotatable bonds is 5. The third kappa shape index (κ3) is 4.41. The standard InChI is InChI=1S/C15H13BrF3NS/c1-9(11-7-6-10(17)8-12(11)16)20-13-4-2-3-5-14(13)21-15(18)19/h2-9,15,20H,1H3. The molecule has 21 heavy (non-hydrogen) atoms. The number of halogens is 4. The SMILES string of the molecule is CC(Nc1ccccc1SC(F)F)c1ccc(F)cc1Br. The zero-order valence-corrected chi connectivity index (χ0v) is 13.5. The largest absolute Gasteiger partial charge is 0.378 e. The Morgan fingerprint density at radius 1 is 1.14 bits per heavy atom. The van der Waals surface area contributed by atoms with Gasteiger partial charge in [0.2, 0.25) is 0 Å². The molecule has 2 aromatic carbocycles. The molecule has 0 fully saturated rings. The molecule has 112 valence electrons. The summed E-state index contributed by atoms with van der Waals surface area (Å²) in [5, 5.41) is 3.19. The van der Waals surface area contributed by atoms with Gasteiger partial charge in [-0.25, -0.2) is 4.39 Å². The van der Waals surface area contributed by atoms with Gasteiger partial charge in [-0.3, -0.25) is 0 Å². The molecular formula is C15H13BrF3NS. The van der Waals surface area contributed by atoms with Crippen LogP contribution in [-0.2, 0) is 0 Å². The number of thioether (sulfide) groups is 1. The van der Waals surface area contributed by atoms with Gasteiger partial charge in [0.25, 0.3) is 5.76 Å². The predicted octanol–water partition coefficient (Wildman–Crippen LogP) is 6.08. The highest BCUT2D eigenvalue weighted by molar-refractivity contribution is 9.10. The van der Waals surface area contributed by atoms with Gasteiger partial charge in [-0.1, -0.05) is 45.9 Å². The Morgan fingerprint density at radius 2 is 1.86 bits per heavy atom. The molecule has 0 saturated heterocycles. The van der Waals surface area contributed by atoms with Gasteiger partial charge in [0.1, 0.15) is 5.82 Å². The van der Waals surface area contributed by atoms with Crippen LogP contribution in [0.15, 0.2) is 51.8 Å². The third-order valence-corrected chi connectivity index (χ3v) is 4.38. The summed E-state index contributed by atoms with van der Waals surface area (Å²) in [4.78, 5) is 0.484. The van der Waals surface area contributed by atoms with Gasteiger partial charge in [-0.05, 0) is 36.8 Å². The monoisotopic (exact) mass is 375 g/mol. The first-order valence-corrected chi connectivity index (χ1v) is 7.90. The molecule has 6 heteroatoms. The van der Waals surface area contributed by atoms with Crippen LogP contribution in [0, 0.1) is 5.82 Å². The van der Waals surface area contributed by atoms with Crippen molar-refractivity contribution in [3.8, 4) is 0 Å². The lowest BCUT2D eigenvalue weighted by Gasteiger charge is -2.19. The lowest BCUT2D eigenvalue weighted by atomic mass is 10.1. The van der Waals surface area contributed by atoms with E-state index in [0.29, 0.717) is 26.8 Å². The van der Waals surface area contributed by atoms with Crippen LogP contribution >= 0.6 is 27.7 Å². The molecule has 1 atom stereocenters. The Bertz CT molecular complexity index is 622. The zero-order valence-electron chi connectivity index (χ0n) is 11.1. The second-order valence-electron chi connectivity index (χ2n) is 4.41. The summed E-state index contributed by atoms with van der Waals surface area (Å²) in [6.45, 7) is 1.89. The molecule has 2 rings (SSSR count). The van der Waals surface area contributed by atoms with Gasteiger partial charge in [0, 0.05) is 21.1 Å². The number of hydrogen-bond donors (Lipinski definition) is 1. The molecule has 0 heterocycles. The lowest BCUT2D eigenvalue weighted by molar-refractivity contribution is 0.252. The van der Waals surface area contributed by atoms with Crippen LogP contribution in [0.5, 0.6) is 0 Å². The van der Waals surface area contributed by atoms with Crippen LogP contribution in [0.1, 0.15) is 18.5 Å². The molecule has 1 N–H and O–H groups in total. The van der Waals surface area contributed by atoms with E-state index in [1.807, 2.05) is 6.92 Å². The average molecular weight is 376 g/mol. The number of para-hydroxylation sites is 1. The summed E-state index contributed by atoms with van der Waals surface area (Å²) in [6, 6.07) is 11.2. The van der Waals surface area contributed by atoms with E-state index < -0.39 is 5.76 Å². The fourth-order valence-corrected chi connectivity index (χ4v) is 3.25. The summed E-state index contributed by atoms with van der Waals surface area (Å²) in [5.41, 5.74) is 1.49. The second-order valence-corrected chi connectivity index (χ2v) is 6.29. The molecule has 0 spiro atoms. The summed E-state index contributed by atoms with van der Waals surface area (Å²) < 4.78 is 38.9. The molecule has 0 amide bonds. The summed E-state index contributed by atoms with van der Waals surface area (Å²) in [7, 11) is 0. The fourth-order valence-electron chi connectivity index (χ4n) is 1.95. The highest BCUT2D eigenvalue weighted by Gasteiger charge is 2.14. The van der Waals surface area contributed by atoms with E-state index in [2.05, 4.69) is 21.2 Å². The minimum Gasteiger partial charge on any atom is -0.378 e. The number of benzene rings is 2. The Morgan fingerprint density at radius 3 is 2.52 bits per heavy atom. The minimum absolute atomic E-state index is 0.153. The molecule has 0 radical (unpaired) electrons. The van der Waals surface area contributed by atoms with Gasteiger partial charge < -0.3 is 5.32 Å². The molecule has 1 nitrogen and oxygen atoms in total. The van der Waals surface area contributed by atoms with Crippen LogP contribution in [0.2, 0.25) is 0 Å². The first-order valence-electron chi connectivity index (χ1n) is 6.22. The van der Waals surface area contributed by atoms with Gasteiger partial charge in [0.05, 0.1) is 0 Å². The zero-order chi connectivity index (χ0) is 15.4. The number of anilines is 1. The van der Waals surface area contributed by atoms with E-state index in [9.17, 15) is 13.2 Å². The molecular weight excluding hydrogens is 363 g/mol. The van der Waals surface area contributed by atoms with Crippen LogP contribution in [-0.4, -0.2) is 5.76 Å².